The Labute approximate surface area is 115 Å². The van der Waals surface area contributed by atoms with Crippen molar-refractivity contribution >= 4 is 11.6 Å². The highest BCUT2D eigenvalue weighted by molar-refractivity contribution is 5.78. The fourth-order valence-electron chi connectivity index (χ4n) is 2.73. The minimum atomic E-state index is 0.125. The van der Waals surface area contributed by atoms with E-state index in [4.69, 9.17) is 5.73 Å². The van der Waals surface area contributed by atoms with Crippen LogP contribution >= 0.6 is 0 Å². The molecule has 104 valence electrons. The van der Waals surface area contributed by atoms with Gasteiger partial charge in [0.25, 0.3) is 0 Å². The van der Waals surface area contributed by atoms with Gasteiger partial charge in [-0.25, -0.2) is 0 Å². The minimum Gasteiger partial charge on any atom is -0.399 e. The summed E-state index contributed by atoms with van der Waals surface area (Å²) in [6, 6.07) is 6.05. The van der Waals surface area contributed by atoms with Gasteiger partial charge in [0.1, 0.15) is 0 Å². The Bertz CT molecular complexity index is 459. The standard InChI is InChI=1S/C15H23N3O/c1-11-12(5-3-7-14(11)16)9-18-8-4-6-13(10-18)15(19)17-2/h3,5,7,13H,4,6,8-10,16H2,1-2H3,(H,17,19). The second-order valence-electron chi connectivity index (χ2n) is 5.32. The Hall–Kier alpha value is -1.55. The van der Waals surface area contributed by atoms with E-state index in [1.54, 1.807) is 7.05 Å². The number of nitrogens with one attached hydrogen (secondary N) is 1. The van der Waals surface area contributed by atoms with Gasteiger partial charge in [-0.2, -0.15) is 0 Å². The highest BCUT2D eigenvalue weighted by Gasteiger charge is 2.25. The highest BCUT2D eigenvalue weighted by atomic mass is 16.1. The molecule has 1 atom stereocenters. The molecule has 4 nitrogen and oxygen atoms in total. The zero-order valence-electron chi connectivity index (χ0n) is 11.8. The molecule has 1 aliphatic rings. The van der Waals surface area contributed by atoms with Crippen molar-refractivity contribution in [1.82, 2.24) is 10.2 Å². The molecule has 0 spiro atoms. The summed E-state index contributed by atoms with van der Waals surface area (Å²) in [5.74, 6) is 0.286. The monoisotopic (exact) mass is 261 g/mol. The third-order valence-electron chi connectivity index (χ3n) is 4.00. The lowest BCUT2D eigenvalue weighted by Gasteiger charge is -2.32. The van der Waals surface area contributed by atoms with E-state index in [9.17, 15) is 4.79 Å². The number of carbonyl (C=O) groups excluding carboxylic acids is 1. The predicted molar refractivity (Wildman–Crippen MR) is 77.7 cm³/mol. The third-order valence-corrected chi connectivity index (χ3v) is 4.00. The van der Waals surface area contributed by atoms with Crippen LogP contribution < -0.4 is 11.1 Å². The van der Waals surface area contributed by atoms with Crippen LogP contribution in [0.1, 0.15) is 24.0 Å². The van der Waals surface area contributed by atoms with Crippen LogP contribution in [0.2, 0.25) is 0 Å². The van der Waals surface area contributed by atoms with Gasteiger partial charge in [-0.1, -0.05) is 12.1 Å². The summed E-state index contributed by atoms with van der Waals surface area (Å²) in [6.45, 7) is 4.84. The molecular weight excluding hydrogens is 238 g/mol. The first-order valence-corrected chi connectivity index (χ1v) is 6.89. The Kier molecular flexibility index (Phi) is 4.43. The zero-order valence-corrected chi connectivity index (χ0v) is 11.8. The molecule has 1 saturated heterocycles. The first kappa shape index (κ1) is 13.9. The van der Waals surface area contributed by atoms with Crippen LogP contribution in [-0.4, -0.2) is 30.9 Å². The SMILES string of the molecule is CNC(=O)C1CCCN(Cc2cccc(N)c2C)C1. The Morgan fingerprint density at radius 1 is 1.53 bits per heavy atom. The summed E-state index contributed by atoms with van der Waals surface area (Å²) in [7, 11) is 1.71. The first-order chi connectivity index (χ1) is 9.11. The molecule has 1 amide bonds. The number of piperidine rings is 1. The fraction of sp³-hybridized carbons (Fsp3) is 0.533. The molecule has 2 rings (SSSR count). The molecule has 1 unspecified atom stereocenters. The minimum absolute atomic E-state index is 0.125. The van der Waals surface area contributed by atoms with Crippen LogP contribution in [0.15, 0.2) is 18.2 Å². The van der Waals surface area contributed by atoms with E-state index in [-0.39, 0.29) is 11.8 Å². The van der Waals surface area contributed by atoms with Gasteiger partial charge in [-0.05, 0) is 43.5 Å². The van der Waals surface area contributed by atoms with Crippen molar-refractivity contribution in [3.05, 3.63) is 29.3 Å². The molecule has 1 aromatic rings. The van der Waals surface area contributed by atoms with Crippen LogP contribution in [0.5, 0.6) is 0 Å². The molecule has 1 aliphatic heterocycles. The average molecular weight is 261 g/mol. The molecule has 19 heavy (non-hydrogen) atoms. The fourth-order valence-corrected chi connectivity index (χ4v) is 2.73. The summed E-state index contributed by atoms with van der Waals surface area (Å²) in [4.78, 5) is 14.1. The molecule has 4 heteroatoms. The van der Waals surface area contributed by atoms with Gasteiger partial charge in [-0.15, -0.1) is 0 Å². The van der Waals surface area contributed by atoms with Gasteiger partial charge in [0, 0.05) is 25.8 Å². The van der Waals surface area contributed by atoms with Crippen molar-refractivity contribution in [3.63, 3.8) is 0 Å². The van der Waals surface area contributed by atoms with Gasteiger partial charge in [0.2, 0.25) is 5.91 Å². The molecule has 0 saturated carbocycles. The van der Waals surface area contributed by atoms with E-state index in [1.807, 2.05) is 12.1 Å². The van der Waals surface area contributed by atoms with E-state index in [0.29, 0.717) is 0 Å². The maximum absolute atomic E-state index is 11.7. The Morgan fingerprint density at radius 2 is 2.32 bits per heavy atom. The number of nitrogens with zero attached hydrogens (tertiary/aromatic N) is 1. The van der Waals surface area contributed by atoms with Crippen molar-refractivity contribution in [3.8, 4) is 0 Å². The average Bonchev–Trinajstić information content (AvgIpc) is 2.43. The number of likely N-dealkylation sites (tertiary alicyclic amines) is 1. The number of benzene rings is 1. The summed E-state index contributed by atoms with van der Waals surface area (Å²) in [5.41, 5.74) is 9.20. The summed E-state index contributed by atoms with van der Waals surface area (Å²) < 4.78 is 0. The topological polar surface area (TPSA) is 58.4 Å². The molecule has 0 aliphatic carbocycles. The number of hydrogen-bond acceptors (Lipinski definition) is 3. The molecule has 1 aromatic carbocycles. The summed E-state index contributed by atoms with van der Waals surface area (Å²) in [5, 5.41) is 2.75. The largest absolute Gasteiger partial charge is 0.399 e. The molecule has 3 N–H and O–H groups in total. The predicted octanol–water partition coefficient (Wildman–Crippen LogP) is 1.54. The van der Waals surface area contributed by atoms with Gasteiger partial charge in [0.15, 0.2) is 0 Å². The van der Waals surface area contributed by atoms with Crippen molar-refractivity contribution < 1.29 is 4.79 Å². The zero-order chi connectivity index (χ0) is 13.8. The van der Waals surface area contributed by atoms with Crippen LogP contribution in [0, 0.1) is 12.8 Å². The lowest BCUT2D eigenvalue weighted by Crippen LogP contribution is -2.41. The summed E-state index contributed by atoms with van der Waals surface area (Å²) in [6.07, 6.45) is 2.07. The second-order valence-corrected chi connectivity index (χ2v) is 5.32. The van der Waals surface area contributed by atoms with E-state index in [0.717, 1.165) is 43.7 Å². The van der Waals surface area contributed by atoms with Gasteiger partial charge >= 0.3 is 0 Å². The number of amides is 1. The summed E-state index contributed by atoms with van der Waals surface area (Å²) >= 11 is 0. The van der Waals surface area contributed by atoms with Crippen molar-refractivity contribution in [2.24, 2.45) is 5.92 Å². The van der Waals surface area contributed by atoms with Crippen LogP contribution in [-0.2, 0) is 11.3 Å². The number of hydrogen-bond donors (Lipinski definition) is 2. The second kappa shape index (κ2) is 6.06. The van der Waals surface area contributed by atoms with Crippen LogP contribution in [0.3, 0.4) is 0 Å². The lowest BCUT2D eigenvalue weighted by molar-refractivity contribution is -0.126. The maximum atomic E-state index is 11.7. The van der Waals surface area contributed by atoms with E-state index >= 15 is 0 Å². The van der Waals surface area contributed by atoms with Crippen LogP contribution in [0.4, 0.5) is 5.69 Å². The van der Waals surface area contributed by atoms with Gasteiger partial charge in [-0.3, -0.25) is 9.69 Å². The lowest BCUT2D eigenvalue weighted by atomic mass is 9.96. The Balaban J connectivity index is 2.03. The molecule has 0 aromatic heterocycles. The Morgan fingerprint density at radius 3 is 3.05 bits per heavy atom. The van der Waals surface area contributed by atoms with Crippen molar-refractivity contribution in [2.75, 3.05) is 25.9 Å². The third kappa shape index (κ3) is 3.26. The highest BCUT2D eigenvalue weighted by Crippen LogP contribution is 2.22. The molecule has 1 fully saturated rings. The smallest absolute Gasteiger partial charge is 0.224 e. The normalized spacial score (nSPS) is 20.2. The van der Waals surface area contributed by atoms with E-state index < -0.39 is 0 Å². The van der Waals surface area contributed by atoms with Gasteiger partial charge in [0.05, 0.1) is 5.92 Å². The molecular formula is C15H23N3O. The number of anilines is 1. The number of rotatable bonds is 3. The quantitative estimate of drug-likeness (QED) is 0.811. The number of carbonyl (C=O) groups is 1. The van der Waals surface area contributed by atoms with Crippen molar-refractivity contribution in [1.29, 1.82) is 0 Å². The molecule has 1 heterocycles. The maximum Gasteiger partial charge on any atom is 0.224 e. The first-order valence-electron chi connectivity index (χ1n) is 6.89. The molecule has 0 bridgehead atoms. The van der Waals surface area contributed by atoms with E-state index in [2.05, 4.69) is 23.2 Å². The van der Waals surface area contributed by atoms with E-state index in [1.165, 1.54) is 5.56 Å². The van der Waals surface area contributed by atoms with Crippen molar-refractivity contribution in [2.45, 2.75) is 26.3 Å². The van der Waals surface area contributed by atoms with Crippen LogP contribution in [0.25, 0.3) is 0 Å². The number of nitrogen functional groups attached to an aromatic ring is 1. The molecule has 0 radical (unpaired) electrons. The number of nitrogens with two attached hydrogens (primary N) is 1. The van der Waals surface area contributed by atoms with Gasteiger partial charge < -0.3 is 11.1 Å².